The smallest absolute Gasteiger partial charge is 0.414 e. The van der Waals surface area contributed by atoms with Gasteiger partial charge in [-0.05, 0) is 48.4 Å². The second-order valence-corrected chi connectivity index (χ2v) is 9.78. The number of aliphatic carboxylic acids is 2. The number of carboxylic acid groups (broad SMARTS) is 2. The molecule has 212 valence electrons. The lowest BCUT2D eigenvalue weighted by atomic mass is 10.2. The van der Waals surface area contributed by atoms with Gasteiger partial charge in [0.1, 0.15) is 5.82 Å². The number of rotatable bonds is 7. The number of nitrogens with one attached hydrogen (secondary N) is 2. The van der Waals surface area contributed by atoms with Crippen LogP contribution in [0.4, 0.5) is 10.3 Å². The van der Waals surface area contributed by atoms with Gasteiger partial charge in [-0.25, -0.2) is 23.8 Å². The Bertz CT molecular complexity index is 1730. The number of benzene rings is 3. The predicted octanol–water partition coefficient (Wildman–Crippen LogP) is 3.21. The van der Waals surface area contributed by atoms with Gasteiger partial charge in [-0.3, -0.25) is 9.47 Å². The first kappa shape index (κ1) is 27.6. The van der Waals surface area contributed by atoms with E-state index in [1.165, 1.54) is 12.1 Å². The number of aromatic amines is 1. The highest BCUT2D eigenvalue weighted by atomic mass is 19.1. The van der Waals surface area contributed by atoms with Gasteiger partial charge < -0.3 is 25.1 Å². The first-order valence-electron chi connectivity index (χ1n) is 13.1. The van der Waals surface area contributed by atoms with Crippen molar-refractivity contribution in [2.45, 2.75) is 25.6 Å². The van der Waals surface area contributed by atoms with Crippen LogP contribution >= 0.6 is 0 Å². The van der Waals surface area contributed by atoms with Crippen LogP contribution in [0.15, 0.2) is 77.6 Å². The van der Waals surface area contributed by atoms with E-state index in [1.807, 2.05) is 59.2 Å². The number of hydrogen-bond donors (Lipinski definition) is 4. The molecule has 1 fully saturated rings. The molecule has 6 rings (SSSR count). The number of likely N-dealkylation sites (tertiary alicyclic amines) is 1. The summed E-state index contributed by atoms with van der Waals surface area (Å²) in [5.41, 5.74) is 4.77. The van der Waals surface area contributed by atoms with Crippen LogP contribution in [0.5, 0.6) is 0 Å². The van der Waals surface area contributed by atoms with E-state index in [2.05, 4.69) is 25.8 Å². The lowest BCUT2D eigenvalue weighted by molar-refractivity contribution is -0.159. The number of carbonyl (C=O) groups is 2. The molecule has 1 unspecified atom stereocenters. The molecule has 2 aromatic heterocycles. The molecule has 0 saturated carbocycles. The van der Waals surface area contributed by atoms with Gasteiger partial charge in [-0.1, -0.05) is 36.4 Å². The van der Waals surface area contributed by atoms with Crippen molar-refractivity contribution in [1.29, 1.82) is 0 Å². The van der Waals surface area contributed by atoms with E-state index in [9.17, 15) is 9.18 Å². The van der Waals surface area contributed by atoms with E-state index >= 15 is 0 Å². The van der Waals surface area contributed by atoms with Crippen molar-refractivity contribution in [3.8, 4) is 0 Å². The number of carboxylic acids is 2. The highest BCUT2D eigenvalue weighted by Gasteiger charge is 2.24. The van der Waals surface area contributed by atoms with E-state index in [1.54, 1.807) is 0 Å². The molecular formula is C29H29FN6O5. The average molecular weight is 561 g/mol. The maximum Gasteiger partial charge on any atom is 0.414 e. The Morgan fingerprint density at radius 2 is 1.61 bits per heavy atom. The molecule has 0 spiro atoms. The number of aromatic nitrogens is 4. The highest BCUT2D eigenvalue weighted by Crippen LogP contribution is 2.24. The van der Waals surface area contributed by atoms with Gasteiger partial charge in [-0.2, -0.15) is 0 Å². The van der Waals surface area contributed by atoms with E-state index in [-0.39, 0.29) is 17.5 Å². The third kappa shape index (κ3) is 6.44. The zero-order chi connectivity index (χ0) is 28.9. The lowest BCUT2D eigenvalue weighted by Gasteiger charge is -2.18. The second-order valence-electron chi connectivity index (χ2n) is 9.78. The van der Waals surface area contributed by atoms with Crippen molar-refractivity contribution in [1.82, 2.24) is 24.0 Å². The maximum absolute atomic E-state index is 13.4. The van der Waals surface area contributed by atoms with Crippen molar-refractivity contribution >= 4 is 40.0 Å². The summed E-state index contributed by atoms with van der Waals surface area (Å²) < 4.78 is 17.4. The molecule has 5 aromatic rings. The fourth-order valence-corrected chi connectivity index (χ4v) is 5.02. The molecule has 41 heavy (non-hydrogen) atoms. The Labute approximate surface area is 233 Å². The zero-order valence-corrected chi connectivity index (χ0v) is 22.0. The van der Waals surface area contributed by atoms with Gasteiger partial charge in [-0.15, -0.1) is 0 Å². The Hall–Kier alpha value is -4.97. The fourth-order valence-electron chi connectivity index (χ4n) is 5.02. The molecule has 3 aromatic carbocycles. The minimum Gasteiger partial charge on any atom is -0.473 e. The van der Waals surface area contributed by atoms with Gasteiger partial charge >= 0.3 is 17.6 Å². The summed E-state index contributed by atoms with van der Waals surface area (Å²) in [6, 6.07) is 22.8. The van der Waals surface area contributed by atoms with Gasteiger partial charge in [0, 0.05) is 32.2 Å². The summed E-state index contributed by atoms with van der Waals surface area (Å²) in [7, 11) is 0. The molecule has 3 heterocycles. The molecule has 12 heteroatoms. The van der Waals surface area contributed by atoms with E-state index in [0.29, 0.717) is 13.1 Å². The van der Waals surface area contributed by atoms with Crippen LogP contribution in [0.25, 0.3) is 22.1 Å². The summed E-state index contributed by atoms with van der Waals surface area (Å²) >= 11 is 0. The second kappa shape index (κ2) is 12.0. The first-order chi connectivity index (χ1) is 19.8. The SMILES string of the molecule is O=C(O)C(=O)O.O=c1[nH]c2ccccc2n1CCN1CCC(Nc2nc3ccccc3n2Cc2ccc(F)cc2)C1. The largest absolute Gasteiger partial charge is 0.473 e. The number of para-hydroxylation sites is 4. The van der Waals surface area contributed by atoms with Crippen molar-refractivity contribution in [3.63, 3.8) is 0 Å². The molecule has 0 radical (unpaired) electrons. The van der Waals surface area contributed by atoms with Crippen molar-refractivity contribution in [2.24, 2.45) is 0 Å². The average Bonchev–Trinajstić information content (AvgIpc) is 3.64. The van der Waals surface area contributed by atoms with E-state index in [4.69, 9.17) is 24.8 Å². The predicted molar refractivity (Wildman–Crippen MR) is 152 cm³/mol. The topological polar surface area (TPSA) is 145 Å². The van der Waals surface area contributed by atoms with Gasteiger partial charge in [0.05, 0.1) is 28.6 Å². The number of anilines is 1. The van der Waals surface area contributed by atoms with Crippen LogP contribution in [0.2, 0.25) is 0 Å². The molecule has 4 N–H and O–H groups in total. The van der Waals surface area contributed by atoms with Crippen LogP contribution in [0.3, 0.4) is 0 Å². The third-order valence-electron chi connectivity index (χ3n) is 7.02. The normalized spacial score (nSPS) is 15.1. The minimum absolute atomic E-state index is 0.0606. The summed E-state index contributed by atoms with van der Waals surface area (Å²) in [6.07, 6.45) is 1.00. The van der Waals surface area contributed by atoms with Crippen LogP contribution in [-0.4, -0.2) is 71.8 Å². The van der Waals surface area contributed by atoms with Crippen molar-refractivity contribution in [3.05, 3.63) is 94.7 Å². The number of halogens is 1. The highest BCUT2D eigenvalue weighted by molar-refractivity contribution is 6.27. The van der Waals surface area contributed by atoms with Crippen LogP contribution in [0, 0.1) is 5.82 Å². The van der Waals surface area contributed by atoms with E-state index < -0.39 is 11.9 Å². The lowest BCUT2D eigenvalue weighted by Crippen LogP contribution is -2.31. The summed E-state index contributed by atoms with van der Waals surface area (Å²) in [5, 5.41) is 18.4. The monoisotopic (exact) mass is 560 g/mol. The Kier molecular flexibility index (Phi) is 8.11. The van der Waals surface area contributed by atoms with Gasteiger partial charge in [0.2, 0.25) is 5.95 Å². The number of H-pyrrole nitrogens is 1. The number of imidazole rings is 2. The first-order valence-corrected chi connectivity index (χ1v) is 13.1. The summed E-state index contributed by atoms with van der Waals surface area (Å²) in [6.45, 7) is 3.93. The molecule has 0 bridgehead atoms. The molecule has 0 amide bonds. The van der Waals surface area contributed by atoms with Crippen molar-refractivity contribution in [2.75, 3.05) is 25.0 Å². The molecule has 1 aliphatic rings. The van der Waals surface area contributed by atoms with Crippen LogP contribution in [0.1, 0.15) is 12.0 Å². The van der Waals surface area contributed by atoms with Gasteiger partial charge in [0.15, 0.2) is 0 Å². The van der Waals surface area contributed by atoms with Crippen molar-refractivity contribution < 1.29 is 24.2 Å². The zero-order valence-electron chi connectivity index (χ0n) is 22.0. The standard InChI is InChI=1S/C27H27FN6O.C2H2O4/c28-20-11-9-19(10-12-20)17-34-25-8-4-1-5-22(25)30-26(34)29-21-13-14-32(18-21)15-16-33-24-7-3-2-6-23(24)31-27(33)35;3-1(4)2(5)6/h1-12,21H,13-18H2,(H,29,30)(H,31,35);(H,3,4)(H,5,6). The molecule has 1 aliphatic heterocycles. The third-order valence-corrected chi connectivity index (χ3v) is 7.02. The molecular weight excluding hydrogens is 531 g/mol. The quantitative estimate of drug-likeness (QED) is 0.222. The number of hydrogen-bond acceptors (Lipinski definition) is 6. The van der Waals surface area contributed by atoms with E-state index in [0.717, 1.165) is 59.6 Å². The van der Waals surface area contributed by atoms with Crippen LogP contribution in [-0.2, 0) is 22.7 Å². The van der Waals surface area contributed by atoms with Gasteiger partial charge in [0.25, 0.3) is 0 Å². The van der Waals surface area contributed by atoms with Crippen LogP contribution < -0.4 is 11.0 Å². The minimum atomic E-state index is -1.82. The Balaban J connectivity index is 0.000000511. The number of nitrogens with zero attached hydrogens (tertiary/aromatic N) is 4. The Morgan fingerprint density at radius 1 is 0.927 bits per heavy atom. The maximum atomic E-state index is 13.4. The Morgan fingerprint density at radius 3 is 2.34 bits per heavy atom. The number of fused-ring (bicyclic) bond motifs is 2. The summed E-state index contributed by atoms with van der Waals surface area (Å²) in [4.78, 5) is 40.8. The summed E-state index contributed by atoms with van der Waals surface area (Å²) in [5.74, 6) is -3.05. The molecule has 11 nitrogen and oxygen atoms in total. The molecule has 0 aliphatic carbocycles. The fraction of sp³-hybridized carbons (Fsp3) is 0.241. The molecule has 1 atom stereocenters. The molecule has 1 saturated heterocycles.